The van der Waals surface area contributed by atoms with Crippen molar-refractivity contribution in [2.24, 2.45) is 0 Å². The first-order valence-corrected chi connectivity index (χ1v) is 14.9. The van der Waals surface area contributed by atoms with Crippen molar-refractivity contribution in [2.45, 2.75) is 25.6 Å². The molecule has 0 aromatic heterocycles. The Morgan fingerprint density at radius 3 is 1.36 bits per heavy atom. The van der Waals surface area contributed by atoms with Crippen molar-refractivity contribution in [2.75, 3.05) is 126 Å². The molecule has 12 heteroatoms. The van der Waals surface area contributed by atoms with Crippen LogP contribution in [0.4, 0.5) is 0 Å². The van der Waals surface area contributed by atoms with Gasteiger partial charge in [-0.2, -0.15) is 0 Å². The molecule has 0 bridgehead atoms. The van der Waals surface area contributed by atoms with E-state index in [1.54, 1.807) is 24.3 Å². The summed E-state index contributed by atoms with van der Waals surface area (Å²) in [5.41, 5.74) is 0.528. The van der Waals surface area contributed by atoms with Crippen molar-refractivity contribution in [3.8, 4) is 0 Å². The molecule has 0 radical (unpaired) electrons. The number of carbonyl (C=O) groups excluding carboxylic acids is 1. The molecule has 0 amide bonds. The fourth-order valence-corrected chi connectivity index (χ4v) is 3.57. The summed E-state index contributed by atoms with van der Waals surface area (Å²) < 4.78 is 59.9. The van der Waals surface area contributed by atoms with E-state index in [4.69, 9.17) is 52.1 Å². The van der Waals surface area contributed by atoms with Crippen LogP contribution in [0.5, 0.6) is 0 Å². The van der Waals surface area contributed by atoms with E-state index in [9.17, 15) is 4.79 Å². The normalized spacial score (nSPS) is 15.2. The van der Waals surface area contributed by atoms with E-state index in [2.05, 4.69) is 0 Å². The Bertz CT molecular complexity index is 718. The lowest BCUT2D eigenvalue weighted by Gasteiger charge is -2.22. The smallest absolute Gasteiger partial charge is 0.338 e. The zero-order valence-electron chi connectivity index (χ0n) is 24.9. The molecule has 42 heavy (non-hydrogen) atoms. The zero-order chi connectivity index (χ0) is 29.6. The molecule has 1 aliphatic rings. The van der Waals surface area contributed by atoms with Crippen LogP contribution in [0.2, 0.25) is 0 Å². The van der Waals surface area contributed by atoms with Gasteiger partial charge in [0.05, 0.1) is 118 Å². The van der Waals surface area contributed by atoms with Crippen LogP contribution < -0.4 is 0 Å². The third kappa shape index (κ3) is 21.9. The first kappa shape index (κ1) is 36.5. The van der Waals surface area contributed by atoms with Gasteiger partial charge in [0.1, 0.15) is 6.61 Å². The Labute approximate surface area is 250 Å². The molecule has 1 fully saturated rings. The predicted molar refractivity (Wildman–Crippen MR) is 153 cm³/mol. The highest BCUT2D eigenvalue weighted by molar-refractivity contribution is 5.89. The first-order valence-electron chi connectivity index (χ1n) is 14.9. The molecule has 1 atom stereocenters. The van der Waals surface area contributed by atoms with Gasteiger partial charge in [-0.25, -0.2) is 4.79 Å². The Hall–Kier alpha value is -1.71. The summed E-state index contributed by atoms with van der Waals surface area (Å²) in [4.78, 5) is 11.8. The summed E-state index contributed by atoms with van der Waals surface area (Å²) >= 11 is 0. The lowest BCUT2D eigenvalue weighted by Crippen LogP contribution is -2.24. The van der Waals surface area contributed by atoms with E-state index >= 15 is 0 Å². The van der Waals surface area contributed by atoms with Crippen LogP contribution >= 0.6 is 0 Å². The fraction of sp³-hybridized carbons (Fsp3) is 0.767. The van der Waals surface area contributed by atoms with E-state index in [0.29, 0.717) is 118 Å². The molecule has 0 aliphatic carbocycles. The van der Waals surface area contributed by atoms with Gasteiger partial charge in [0.15, 0.2) is 6.29 Å². The molecule has 0 spiro atoms. The number of ether oxygens (including phenoxy) is 11. The van der Waals surface area contributed by atoms with Crippen LogP contribution in [0.3, 0.4) is 0 Å². The summed E-state index contributed by atoms with van der Waals surface area (Å²) in [5.74, 6) is -0.354. The second-order valence-corrected chi connectivity index (χ2v) is 9.07. The first-order chi connectivity index (χ1) is 20.9. The van der Waals surface area contributed by atoms with Gasteiger partial charge in [-0.15, -0.1) is 0 Å². The van der Waals surface area contributed by atoms with E-state index in [-0.39, 0.29) is 18.9 Å². The Balaban J connectivity index is 1.16. The van der Waals surface area contributed by atoms with Gasteiger partial charge in [-0.3, -0.25) is 0 Å². The summed E-state index contributed by atoms with van der Waals surface area (Å²) in [6.45, 7) is 9.33. The molecule has 1 heterocycles. The summed E-state index contributed by atoms with van der Waals surface area (Å²) in [7, 11) is 0. The van der Waals surface area contributed by atoms with Crippen LogP contribution in [-0.2, 0) is 52.1 Å². The minimum absolute atomic E-state index is 0.0680. The van der Waals surface area contributed by atoms with Crippen molar-refractivity contribution >= 4 is 5.97 Å². The van der Waals surface area contributed by atoms with E-state index in [0.717, 1.165) is 25.9 Å². The lowest BCUT2D eigenvalue weighted by molar-refractivity contribution is -0.169. The molecule has 242 valence electrons. The average Bonchev–Trinajstić information content (AvgIpc) is 3.03. The van der Waals surface area contributed by atoms with Crippen molar-refractivity contribution in [1.29, 1.82) is 0 Å². The second kappa shape index (κ2) is 28.1. The average molecular weight is 603 g/mol. The van der Waals surface area contributed by atoms with Crippen LogP contribution in [0.1, 0.15) is 29.6 Å². The predicted octanol–water partition coefficient (Wildman–Crippen LogP) is 2.52. The molecule has 2 rings (SSSR count). The van der Waals surface area contributed by atoms with Gasteiger partial charge < -0.3 is 52.1 Å². The largest absolute Gasteiger partial charge is 0.460 e. The highest BCUT2D eigenvalue weighted by Crippen LogP contribution is 2.13. The van der Waals surface area contributed by atoms with Crippen molar-refractivity contribution in [1.82, 2.24) is 0 Å². The summed E-state index contributed by atoms with van der Waals surface area (Å²) in [6.07, 6.45) is 3.18. The van der Waals surface area contributed by atoms with Gasteiger partial charge >= 0.3 is 5.97 Å². The fourth-order valence-electron chi connectivity index (χ4n) is 3.57. The van der Waals surface area contributed by atoms with Gasteiger partial charge in [0.25, 0.3) is 0 Å². The molecule has 1 unspecified atom stereocenters. The van der Waals surface area contributed by atoms with Crippen LogP contribution in [0.15, 0.2) is 30.3 Å². The van der Waals surface area contributed by atoms with Crippen molar-refractivity contribution in [3.05, 3.63) is 35.9 Å². The van der Waals surface area contributed by atoms with Gasteiger partial charge in [0.2, 0.25) is 0 Å². The maximum absolute atomic E-state index is 11.8. The van der Waals surface area contributed by atoms with E-state index in [1.165, 1.54) is 0 Å². The highest BCUT2D eigenvalue weighted by atomic mass is 16.7. The third-order valence-corrected chi connectivity index (χ3v) is 5.74. The maximum atomic E-state index is 11.8. The number of rotatable bonds is 29. The molecular weight excluding hydrogens is 552 g/mol. The SMILES string of the molecule is O=C(OCCOCCOCCOCCOCCOCCOCCOCCOCCOC1CCCCO1)c1ccccc1. The molecule has 1 aromatic rings. The van der Waals surface area contributed by atoms with Crippen LogP contribution in [0, 0.1) is 0 Å². The Morgan fingerprint density at radius 2 is 0.952 bits per heavy atom. The minimum atomic E-state index is -0.354. The highest BCUT2D eigenvalue weighted by Gasteiger charge is 2.13. The standard InChI is InChI=1S/C30H50O12/c31-30(28-6-2-1-3-7-28)42-27-25-39-23-21-37-19-17-35-15-13-33-11-10-32-12-14-34-16-18-36-20-22-38-24-26-41-29-8-4-5-9-40-29/h1-3,6-7,29H,4-5,8-27H2. The van der Waals surface area contributed by atoms with Crippen molar-refractivity contribution < 1.29 is 56.9 Å². The number of hydrogen-bond acceptors (Lipinski definition) is 12. The molecule has 1 aliphatic heterocycles. The molecule has 0 saturated carbocycles. The number of benzene rings is 1. The summed E-state index contributed by atoms with van der Waals surface area (Å²) in [5, 5.41) is 0. The topological polar surface area (TPSA) is 119 Å². The molecular formula is C30H50O12. The van der Waals surface area contributed by atoms with Crippen LogP contribution in [-0.4, -0.2) is 138 Å². The number of esters is 1. The van der Waals surface area contributed by atoms with E-state index < -0.39 is 0 Å². The summed E-state index contributed by atoms with van der Waals surface area (Å²) in [6, 6.07) is 8.86. The minimum Gasteiger partial charge on any atom is -0.460 e. The zero-order valence-corrected chi connectivity index (χ0v) is 24.9. The Kier molecular flexibility index (Phi) is 24.4. The second-order valence-electron chi connectivity index (χ2n) is 9.07. The van der Waals surface area contributed by atoms with Gasteiger partial charge in [0, 0.05) is 6.61 Å². The number of carbonyl (C=O) groups is 1. The molecule has 0 N–H and O–H groups in total. The lowest BCUT2D eigenvalue weighted by atomic mass is 10.2. The number of hydrogen-bond donors (Lipinski definition) is 0. The van der Waals surface area contributed by atoms with Gasteiger partial charge in [-0.1, -0.05) is 18.2 Å². The van der Waals surface area contributed by atoms with Crippen LogP contribution in [0.25, 0.3) is 0 Å². The third-order valence-electron chi connectivity index (χ3n) is 5.74. The Morgan fingerprint density at radius 1 is 0.548 bits per heavy atom. The molecule has 1 aromatic carbocycles. The quantitative estimate of drug-likeness (QED) is 0.0990. The van der Waals surface area contributed by atoms with E-state index in [1.807, 2.05) is 6.07 Å². The van der Waals surface area contributed by atoms with Gasteiger partial charge in [-0.05, 0) is 31.4 Å². The monoisotopic (exact) mass is 602 g/mol. The molecule has 12 nitrogen and oxygen atoms in total. The molecule has 1 saturated heterocycles. The maximum Gasteiger partial charge on any atom is 0.338 e. The van der Waals surface area contributed by atoms with Crippen molar-refractivity contribution in [3.63, 3.8) is 0 Å².